The number of hydrogen-bond donors (Lipinski definition) is 0. The Kier molecular flexibility index (Phi) is 4.99. The first-order valence-corrected chi connectivity index (χ1v) is 16.9. The molecule has 3 aromatic heterocycles. The average molecular weight is 657 g/mol. The molecule has 5 nitrogen and oxygen atoms in total. The van der Waals surface area contributed by atoms with Crippen LogP contribution in [0, 0.1) is 0 Å². The first kappa shape index (κ1) is 23.5. The van der Waals surface area contributed by atoms with Crippen LogP contribution in [0.4, 0.5) is 0 Å². The molecule has 51 heavy (non-hydrogen) atoms. The van der Waals surface area contributed by atoms with Crippen molar-refractivity contribution in [2.24, 2.45) is 0 Å². The van der Waals surface area contributed by atoms with E-state index in [1.54, 1.807) is 0 Å². The van der Waals surface area contributed by atoms with Crippen molar-refractivity contribution in [2.45, 2.75) is 5.92 Å². The average Bonchev–Trinajstić information content (AvgIpc) is 3.88. The van der Waals surface area contributed by atoms with Crippen LogP contribution in [0.3, 0.4) is 0 Å². The lowest BCUT2D eigenvalue weighted by atomic mass is 9.96. The zero-order valence-corrected chi connectivity index (χ0v) is 27.1. The lowest BCUT2D eigenvalue weighted by Crippen LogP contribution is -2.12. The van der Waals surface area contributed by atoms with E-state index in [0.717, 1.165) is 71.4 Å². The van der Waals surface area contributed by atoms with Crippen LogP contribution in [0.2, 0.25) is 0 Å². The quantitative estimate of drug-likeness (QED) is 0.189. The fraction of sp³-hybridized carbons (Fsp3) is 0.0217. The summed E-state index contributed by atoms with van der Waals surface area (Å²) in [5.41, 5.74) is 8.68. The summed E-state index contributed by atoms with van der Waals surface area (Å²) in [6, 6.07) is 45.1. The molecular weight excluding hydrogens is 623 g/mol. The molecular formula is C46H29N5. The fourth-order valence-corrected chi connectivity index (χ4v) is 8.07. The molecule has 0 bridgehead atoms. The van der Waals surface area contributed by atoms with E-state index in [1.165, 1.54) is 0 Å². The normalized spacial score (nSPS) is 14.0. The lowest BCUT2D eigenvalue weighted by molar-refractivity contribution is 0.823. The molecule has 7 aromatic carbocycles. The van der Waals surface area contributed by atoms with Crippen molar-refractivity contribution in [3.05, 3.63) is 187 Å². The number of fused-ring (bicyclic) bond motifs is 10. The van der Waals surface area contributed by atoms with Crippen LogP contribution < -0.4 is 0 Å². The molecule has 3 heterocycles. The van der Waals surface area contributed by atoms with Crippen LogP contribution in [-0.2, 0) is 0 Å². The third-order valence-corrected chi connectivity index (χ3v) is 10.1. The Hall–Kier alpha value is -6.85. The van der Waals surface area contributed by atoms with E-state index >= 15 is 0 Å². The van der Waals surface area contributed by atoms with Gasteiger partial charge in [0.25, 0.3) is 0 Å². The standard InChI is InChI=1S/C46H29N5/c1-3-15-29(16-4-1)44-47-45(41-34-22-9-7-19-31(34)32-20-8-10-23-35(32)41)49-46(48-44)51-39-26-14-12-24-37(39)42-40(51)28-27-36-33-21-11-13-25-38(33)50(43(36)42)30-17-5-2-6-18-30/h1-28,41H/i2D,5D,6D,17D,18D. The highest BCUT2D eigenvalue weighted by Crippen LogP contribution is 2.47. The van der Waals surface area contributed by atoms with Gasteiger partial charge < -0.3 is 4.57 Å². The molecule has 0 fully saturated rings. The topological polar surface area (TPSA) is 48.5 Å². The highest BCUT2D eigenvalue weighted by atomic mass is 15.2. The number of benzene rings is 7. The van der Waals surface area contributed by atoms with Gasteiger partial charge in [0, 0.05) is 32.8 Å². The first-order valence-electron chi connectivity index (χ1n) is 19.4. The van der Waals surface area contributed by atoms with Gasteiger partial charge in [0.05, 0.1) is 34.8 Å². The summed E-state index contributed by atoms with van der Waals surface area (Å²) < 4.78 is 47.5. The Balaban J connectivity index is 1.27. The Morgan fingerprint density at radius 3 is 1.86 bits per heavy atom. The van der Waals surface area contributed by atoms with Gasteiger partial charge in [0.1, 0.15) is 5.82 Å². The van der Waals surface area contributed by atoms with Crippen LogP contribution >= 0.6 is 0 Å². The molecule has 0 spiro atoms. The predicted molar refractivity (Wildman–Crippen MR) is 207 cm³/mol. The van der Waals surface area contributed by atoms with E-state index < -0.39 is 6.04 Å². The molecule has 1 aliphatic carbocycles. The summed E-state index contributed by atoms with van der Waals surface area (Å²) in [6.45, 7) is 0. The second kappa shape index (κ2) is 10.8. The Morgan fingerprint density at radius 1 is 0.490 bits per heavy atom. The van der Waals surface area contributed by atoms with Crippen molar-refractivity contribution in [2.75, 3.05) is 0 Å². The van der Waals surface area contributed by atoms with E-state index in [1.807, 2.05) is 83.4 Å². The van der Waals surface area contributed by atoms with E-state index in [9.17, 15) is 0 Å². The summed E-state index contributed by atoms with van der Waals surface area (Å²) in [5, 5.41) is 3.55. The molecule has 1 aliphatic rings. The van der Waals surface area contributed by atoms with Crippen LogP contribution in [0.1, 0.15) is 29.7 Å². The van der Waals surface area contributed by atoms with Gasteiger partial charge in [-0.3, -0.25) is 4.57 Å². The fourth-order valence-electron chi connectivity index (χ4n) is 8.07. The highest BCUT2D eigenvalue weighted by molar-refractivity contribution is 6.26. The second-order valence-electron chi connectivity index (χ2n) is 12.8. The number of hydrogen-bond acceptors (Lipinski definition) is 3. The van der Waals surface area contributed by atoms with Gasteiger partial charge >= 0.3 is 0 Å². The third kappa shape index (κ3) is 4.06. The zero-order chi connectivity index (χ0) is 37.8. The first-order chi connectivity index (χ1) is 27.4. The molecule has 238 valence electrons. The Morgan fingerprint density at radius 2 is 1.12 bits per heavy atom. The largest absolute Gasteiger partial charge is 0.309 e. The molecule has 5 heteroatoms. The SMILES string of the molecule is [2H]c1c([2H])c([2H])c(-n2c3ccccc3c3ccc4c(c5ccccc5n4-c4nc(-c5ccccc5)nc(C5c6ccccc6-c6ccccc65)n4)c32)c([2H])c1[2H]. The van der Waals surface area contributed by atoms with E-state index in [2.05, 4.69) is 65.2 Å². The van der Waals surface area contributed by atoms with Crippen molar-refractivity contribution >= 4 is 43.6 Å². The third-order valence-electron chi connectivity index (χ3n) is 10.1. The molecule has 0 unspecified atom stereocenters. The van der Waals surface area contributed by atoms with Crippen molar-refractivity contribution in [3.63, 3.8) is 0 Å². The zero-order valence-electron chi connectivity index (χ0n) is 32.1. The Bertz CT molecular complexity index is 3200. The molecule has 0 saturated heterocycles. The molecule has 0 amide bonds. The monoisotopic (exact) mass is 656 g/mol. The minimum absolute atomic E-state index is 0.0962. The molecule has 0 N–H and O–H groups in total. The van der Waals surface area contributed by atoms with Crippen molar-refractivity contribution in [1.82, 2.24) is 24.1 Å². The van der Waals surface area contributed by atoms with Crippen LogP contribution in [0.25, 0.3) is 77.8 Å². The minimum atomic E-state index is -0.432. The van der Waals surface area contributed by atoms with Gasteiger partial charge in [-0.05, 0) is 52.5 Å². The summed E-state index contributed by atoms with van der Waals surface area (Å²) in [7, 11) is 0. The molecule has 0 radical (unpaired) electrons. The number of para-hydroxylation sites is 3. The summed E-state index contributed by atoms with van der Waals surface area (Å²) in [6.07, 6.45) is 0. The maximum absolute atomic E-state index is 9.06. The van der Waals surface area contributed by atoms with E-state index in [4.69, 9.17) is 21.8 Å². The molecule has 0 atom stereocenters. The van der Waals surface area contributed by atoms with Gasteiger partial charge in [-0.15, -0.1) is 0 Å². The number of nitrogens with zero attached hydrogens (tertiary/aromatic N) is 5. The molecule has 11 rings (SSSR count). The smallest absolute Gasteiger partial charge is 0.238 e. The van der Waals surface area contributed by atoms with Gasteiger partial charge in [0.2, 0.25) is 5.95 Å². The van der Waals surface area contributed by atoms with Crippen molar-refractivity contribution in [3.8, 4) is 34.2 Å². The van der Waals surface area contributed by atoms with Gasteiger partial charge in [-0.1, -0.05) is 139 Å². The predicted octanol–water partition coefficient (Wildman–Crippen LogP) is 10.9. The van der Waals surface area contributed by atoms with E-state index in [-0.39, 0.29) is 35.8 Å². The molecule has 10 aromatic rings. The highest BCUT2D eigenvalue weighted by Gasteiger charge is 2.33. The van der Waals surface area contributed by atoms with Crippen molar-refractivity contribution in [1.29, 1.82) is 0 Å². The minimum Gasteiger partial charge on any atom is -0.309 e. The molecule has 0 saturated carbocycles. The second-order valence-corrected chi connectivity index (χ2v) is 12.8. The Labute approximate surface area is 300 Å². The van der Waals surface area contributed by atoms with Crippen LogP contribution in [0.5, 0.6) is 0 Å². The summed E-state index contributed by atoms with van der Waals surface area (Å²) in [4.78, 5) is 15.7. The summed E-state index contributed by atoms with van der Waals surface area (Å²) in [5.74, 6) is 1.41. The van der Waals surface area contributed by atoms with E-state index in [0.29, 0.717) is 17.6 Å². The number of rotatable bonds is 4. The van der Waals surface area contributed by atoms with Crippen molar-refractivity contribution < 1.29 is 6.85 Å². The number of aromatic nitrogens is 5. The van der Waals surface area contributed by atoms with Crippen LogP contribution in [0.15, 0.2) is 170 Å². The summed E-state index contributed by atoms with van der Waals surface area (Å²) >= 11 is 0. The van der Waals surface area contributed by atoms with Gasteiger partial charge in [-0.2, -0.15) is 9.97 Å². The maximum atomic E-state index is 9.06. The van der Waals surface area contributed by atoms with Crippen LogP contribution in [-0.4, -0.2) is 24.1 Å². The lowest BCUT2D eigenvalue weighted by Gasteiger charge is -2.16. The van der Waals surface area contributed by atoms with Gasteiger partial charge in [0.15, 0.2) is 5.82 Å². The molecule has 0 aliphatic heterocycles. The maximum Gasteiger partial charge on any atom is 0.238 e. The van der Waals surface area contributed by atoms with Gasteiger partial charge in [-0.25, -0.2) is 4.98 Å².